The number of nitrogens with zero attached hydrogens (tertiary/aromatic N) is 3. The van der Waals surface area contributed by atoms with Crippen molar-refractivity contribution >= 4 is 34.3 Å². The molecule has 0 saturated heterocycles. The number of pyridine rings is 1. The number of Topliss-reactive ketones (excluding diaryl/α,β-unsaturated/α-hetero) is 1. The molecule has 30 heavy (non-hydrogen) atoms. The Labute approximate surface area is 169 Å². The molecule has 0 unspecified atom stereocenters. The maximum Gasteiger partial charge on any atom is 0.267 e. The highest BCUT2D eigenvalue weighted by Gasteiger charge is 2.40. The minimum absolute atomic E-state index is 0.114. The van der Waals surface area contributed by atoms with Crippen molar-refractivity contribution < 1.29 is 18.8 Å². The van der Waals surface area contributed by atoms with E-state index in [0.29, 0.717) is 27.9 Å². The van der Waals surface area contributed by atoms with Gasteiger partial charge in [-0.25, -0.2) is 14.3 Å². The summed E-state index contributed by atoms with van der Waals surface area (Å²) in [5.74, 6) is -1.52. The molecule has 8 heteroatoms. The zero-order valence-corrected chi connectivity index (χ0v) is 15.6. The Hall–Kier alpha value is -4.20. The molecule has 0 saturated carbocycles. The topological polar surface area (TPSA) is 96.0 Å². The van der Waals surface area contributed by atoms with E-state index in [2.05, 4.69) is 15.2 Å². The molecule has 2 aromatic heterocycles. The third kappa shape index (κ3) is 2.54. The summed E-state index contributed by atoms with van der Waals surface area (Å²) in [7, 11) is 0. The Balaban J connectivity index is 1.66. The van der Waals surface area contributed by atoms with Gasteiger partial charge in [-0.2, -0.15) is 5.10 Å². The van der Waals surface area contributed by atoms with Crippen LogP contribution >= 0.6 is 0 Å². The molecule has 0 aliphatic carbocycles. The minimum atomic E-state index is -0.511. The number of aromatic nitrogens is 3. The van der Waals surface area contributed by atoms with E-state index in [1.54, 1.807) is 36.4 Å². The molecule has 0 bridgehead atoms. The number of rotatable bonds is 3. The second-order valence-electron chi connectivity index (χ2n) is 6.90. The summed E-state index contributed by atoms with van der Waals surface area (Å²) >= 11 is 0. The first-order chi connectivity index (χ1) is 14.5. The third-order valence-electron chi connectivity index (χ3n) is 5.10. The summed E-state index contributed by atoms with van der Waals surface area (Å²) in [5, 5.41) is 7.37. The van der Waals surface area contributed by atoms with Gasteiger partial charge in [0, 0.05) is 17.3 Å². The van der Waals surface area contributed by atoms with Crippen LogP contribution < -0.4 is 4.90 Å². The molecule has 0 spiro atoms. The zero-order chi connectivity index (χ0) is 21.0. The number of aromatic amines is 1. The van der Waals surface area contributed by atoms with Gasteiger partial charge in [-0.15, -0.1) is 0 Å². The van der Waals surface area contributed by atoms with Crippen LogP contribution in [-0.2, 0) is 0 Å². The van der Waals surface area contributed by atoms with Crippen LogP contribution in [-0.4, -0.2) is 32.8 Å². The molecule has 3 heterocycles. The van der Waals surface area contributed by atoms with Crippen molar-refractivity contribution in [1.82, 2.24) is 15.2 Å². The number of carbonyl (C=O) groups is 3. The molecular weight excluding hydrogens is 387 g/mol. The maximum atomic E-state index is 13.3. The summed E-state index contributed by atoms with van der Waals surface area (Å²) < 4.78 is 13.3. The fourth-order valence-corrected chi connectivity index (χ4v) is 3.60. The van der Waals surface area contributed by atoms with E-state index in [4.69, 9.17) is 0 Å². The van der Waals surface area contributed by atoms with Gasteiger partial charge < -0.3 is 0 Å². The molecule has 5 rings (SSSR count). The molecule has 2 aromatic carbocycles. The Morgan fingerprint density at radius 3 is 2.37 bits per heavy atom. The van der Waals surface area contributed by atoms with Crippen LogP contribution in [0.1, 0.15) is 38.0 Å². The van der Waals surface area contributed by atoms with E-state index in [-0.39, 0.29) is 22.6 Å². The molecule has 146 valence electrons. The van der Waals surface area contributed by atoms with Crippen molar-refractivity contribution in [3.8, 4) is 11.3 Å². The number of halogens is 1. The Morgan fingerprint density at radius 2 is 1.70 bits per heavy atom. The smallest absolute Gasteiger partial charge is 0.267 e. The van der Waals surface area contributed by atoms with Gasteiger partial charge in [-0.3, -0.25) is 19.5 Å². The highest BCUT2D eigenvalue weighted by molar-refractivity contribution is 6.38. The van der Waals surface area contributed by atoms with Crippen molar-refractivity contribution in [3.05, 3.63) is 77.2 Å². The number of hydrogen-bond acceptors (Lipinski definition) is 5. The zero-order valence-electron chi connectivity index (χ0n) is 15.6. The number of amides is 2. The second kappa shape index (κ2) is 6.41. The number of nitrogens with one attached hydrogen (secondary N) is 1. The minimum Gasteiger partial charge on any atom is -0.295 e. The van der Waals surface area contributed by atoms with Crippen LogP contribution in [0.5, 0.6) is 0 Å². The van der Waals surface area contributed by atoms with Crippen LogP contribution in [0.25, 0.3) is 22.3 Å². The largest absolute Gasteiger partial charge is 0.295 e. The number of carbonyl (C=O) groups excluding carboxylic acids is 3. The molecule has 0 atom stereocenters. The van der Waals surface area contributed by atoms with Crippen LogP contribution in [0.15, 0.2) is 54.7 Å². The quantitative estimate of drug-likeness (QED) is 0.417. The fourth-order valence-electron chi connectivity index (χ4n) is 3.60. The average molecular weight is 400 g/mol. The first-order valence-electron chi connectivity index (χ1n) is 9.08. The molecule has 1 aliphatic heterocycles. The van der Waals surface area contributed by atoms with Crippen molar-refractivity contribution in [1.29, 1.82) is 0 Å². The summed E-state index contributed by atoms with van der Waals surface area (Å²) in [6, 6.07) is 12.0. The Morgan fingerprint density at radius 1 is 1.00 bits per heavy atom. The van der Waals surface area contributed by atoms with Gasteiger partial charge in [-0.1, -0.05) is 0 Å². The second-order valence-corrected chi connectivity index (χ2v) is 6.90. The summed E-state index contributed by atoms with van der Waals surface area (Å²) in [6.07, 6.45) is 1.33. The summed E-state index contributed by atoms with van der Waals surface area (Å²) in [4.78, 5) is 43.1. The van der Waals surface area contributed by atoms with Gasteiger partial charge in [0.05, 0.1) is 27.9 Å². The number of ketones is 1. The number of anilines is 1. The average Bonchev–Trinajstić information content (AvgIpc) is 3.28. The normalized spacial score (nSPS) is 13.2. The van der Waals surface area contributed by atoms with E-state index < -0.39 is 17.6 Å². The lowest BCUT2D eigenvalue weighted by Crippen LogP contribution is -2.29. The lowest BCUT2D eigenvalue weighted by Gasteiger charge is -2.14. The van der Waals surface area contributed by atoms with Gasteiger partial charge >= 0.3 is 0 Å². The SMILES string of the molecule is CC(=O)c1ccc(N2C(=O)c3cnc4n[nH]c(-c5ccc(F)cc5)c4c3C2=O)cc1. The van der Waals surface area contributed by atoms with Crippen LogP contribution in [0.3, 0.4) is 0 Å². The first-order valence-corrected chi connectivity index (χ1v) is 9.08. The number of fused-ring (bicyclic) bond motifs is 3. The lowest BCUT2D eigenvalue weighted by molar-refractivity contribution is 0.0925. The van der Waals surface area contributed by atoms with Crippen molar-refractivity contribution in [3.63, 3.8) is 0 Å². The summed E-state index contributed by atoms with van der Waals surface area (Å²) in [5.41, 5.74) is 2.55. The molecule has 7 nitrogen and oxygen atoms in total. The van der Waals surface area contributed by atoms with Gasteiger partial charge in [0.15, 0.2) is 11.4 Å². The van der Waals surface area contributed by atoms with E-state index in [1.807, 2.05) is 0 Å². The number of benzene rings is 2. The van der Waals surface area contributed by atoms with Gasteiger partial charge in [0.2, 0.25) is 0 Å². The van der Waals surface area contributed by atoms with Crippen molar-refractivity contribution in [2.45, 2.75) is 6.92 Å². The van der Waals surface area contributed by atoms with E-state index in [0.717, 1.165) is 4.90 Å². The molecule has 1 aliphatic rings. The highest BCUT2D eigenvalue weighted by atomic mass is 19.1. The van der Waals surface area contributed by atoms with E-state index in [9.17, 15) is 18.8 Å². The van der Waals surface area contributed by atoms with Crippen molar-refractivity contribution in [2.24, 2.45) is 0 Å². The molecule has 0 radical (unpaired) electrons. The molecule has 4 aromatic rings. The first kappa shape index (κ1) is 17.9. The number of imide groups is 1. The van der Waals surface area contributed by atoms with Crippen molar-refractivity contribution in [2.75, 3.05) is 4.90 Å². The van der Waals surface area contributed by atoms with Gasteiger partial charge in [0.25, 0.3) is 11.8 Å². The highest BCUT2D eigenvalue weighted by Crippen LogP contribution is 2.36. The van der Waals surface area contributed by atoms with Gasteiger partial charge in [0.1, 0.15) is 5.82 Å². The number of hydrogen-bond donors (Lipinski definition) is 1. The standard InChI is InChI=1S/C22H13FN4O3/c1-11(28)12-4-8-15(9-5-12)27-21(29)16-10-24-20-18(17(16)22(27)30)19(25-26-20)13-2-6-14(23)7-3-13/h2-10H,1H3,(H,24,25,26). The van der Waals surface area contributed by atoms with Crippen LogP contribution in [0.4, 0.5) is 10.1 Å². The molecule has 0 fully saturated rings. The van der Waals surface area contributed by atoms with Crippen LogP contribution in [0.2, 0.25) is 0 Å². The fraction of sp³-hybridized carbons (Fsp3) is 0.0455. The molecule has 1 N–H and O–H groups in total. The predicted molar refractivity (Wildman–Crippen MR) is 107 cm³/mol. The van der Waals surface area contributed by atoms with Crippen LogP contribution in [0, 0.1) is 5.82 Å². The molecular formula is C22H13FN4O3. The Bertz CT molecular complexity index is 1360. The maximum absolute atomic E-state index is 13.3. The van der Waals surface area contributed by atoms with E-state index in [1.165, 1.54) is 25.3 Å². The summed E-state index contributed by atoms with van der Waals surface area (Å²) in [6.45, 7) is 1.44. The monoisotopic (exact) mass is 400 g/mol. The number of H-pyrrole nitrogens is 1. The third-order valence-corrected chi connectivity index (χ3v) is 5.10. The predicted octanol–water partition coefficient (Wildman–Crippen LogP) is 3.77. The lowest BCUT2D eigenvalue weighted by atomic mass is 10.0. The Kier molecular flexibility index (Phi) is 3.82. The van der Waals surface area contributed by atoms with E-state index >= 15 is 0 Å². The molecule has 2 amide bonds. The van der Waals surface area contributed by atoms with Gasteiger partial charge in [-0.05, 0) is 55.5 Å².